The molecule has 2 aromatic carbocycles. The number of hydrogen-bond donors (Lipinski definition) is 1. The van der Waals surface area contributed by atoms with Crippen LogP contribution in [0.1, 0.15) is 15.9 Å². The molecule has 0 bridgehead atoms. The van der Waals surface area contributed by atoms with Crippen molar-refractivity contribution < 1.29 is 14.0 Å². The molecule has 2 heterocycles. The van der Waals surface area contributed by atoms with E-state index in [9.17, 15) is 14.0 Å². The number of carbonyl (C=O) groups excluding carboxylic acids is 2. The topological polar surface area (TPSA) is 70.5 Å². The summed E-state index contributed by atoms with van der Waals surface area (Å²) in [4.78, 5) is 33.2. The molecule has 2 amide bonds. The fourth-order valence-electron chi connectivity index (χ4n) is 3.67. The first-order chi connectivity index (χ1) is 16.0. The molecule has 4 rings (SSSR count). The van der Waals surface area contributed by atoms with Crippen LogP contribution in [-0.4, -0.2) is 63.1 Å². The lowest BCUT2D eigenvalue weighted by molar-refractivity contribution is -0.113. The number of hydrogen-bond acceptors (Lipinski definition) is 5. The first kappa shape index (κ1) is 23.0. The van der Waals surface area contributed by atoms with Crippen LogP contribution in [0, 0.1) is 5.82 Å². The Balaban J connectivity index is 1.25. The van der Waals surface area contributed by atoms with Crippen LogP contribution in [0.4, 0.5) is 10.1 Å². The van der Waals surface area contributed by atoms with Crippen molar-refractivity contribution >= 4 is 29.3 Å². The Morgan fingerprint density at radius 2 is 1.79 bits per heavy atom. The lowest BCUT2D eigenvalue weighted by Gasteiger charge is -2.34. The van der Waals surface area contributed by atoms with Crippen LogP contribution in [0.2, 0.25) is 0 Å². The molecule has 1 saturated heterocycles. The van der Waals surface area contributed by atoms with E-state index in [2.05, 4.69) is 15.2 Å². The fourth-order valence-corrected chi connectivity index (χ4v) is 4.41. The predicted octanol–water partition coefficient (Wildman–Crippen LogP) is 3.25. The van der Waals surface area contributed by atoms with Gasteiger partial charge < -0.3 is 14.8 Å². The average molecular weight is 468 g/mol. The summed E-state index contributed by atoms with van der Waals surface area (Å²) in [5.74, 6) is -0.113. The molecule has 1 fully saturated rings. The molecule has 0 saturated carbocycles. The fraction of sp³-hybridized carbons (Fsp3) is 0.292. The van der Waals surface area contributed by atoms with Gasteiger partial charge in [0, 0.05) is 69.0 Å². The molecular formula is C24H26FN5O2S. The van der Waals surface area contributed by atoms with Gasteiger partial charge in [0.15, 0.2) is 5.16 Å². The zero-order chi connectivity index (χ0) is 23.2. The van der Waals surface area contributed by atoms with E-state index >= 15 is 0 Å². The van der Waals surface area contributed by atoms with Gasteiger partial charge in [0.1, 0.15) is 5.82 Å². The van der Waals surface area contributed by atoms with Gasteiger partial charge in [0.05, 0.1) is 5.75 Å². The second-order valence-electron chi connectivity index (χ2n) is 7.89. The molecule has 9 heteroatoms. The van der Waals surface area contributed by atoms with Crippen molar-refractivity contribution in [3.8, 4) is 0 Å². The molecule has 1 aliphatic rings. The number of benzene rings is 2. The van der Waals surface area contributed by atoms with E-state index < -0.39 is 0 Å². The van der Waals surface area contributed by atoms with Crippen molar-refractivity contribution in [1.29, 1.82) is 0 Å². The highest BCUT2D eigenvalue weighted by molar-refractivity contribution is 7.99. The third kappa shape index (κ3) is 6.00. The number of aromatic nitrogens is 2. The van der Waals surface area contributed by atoms with Crippen molar-refractivity contribution in [2.24, 2.45) is 7.05 Å². The Labute approximate surface area is 196 Å². The number of imidazole rings is 1. The molecule has 0 radical (unpaired) electrons. The van der Waals surface area contributed by atoms with E-state index in [1.165, 1.54) is 17.8 Å². The average Bonchev–Trinajstić information content (AvgIpc) is 3.24. The highest BCUT2D eigenvalue weighted by Crippen LogP contribution is 2.17. The zero-order valence-corrected chi connectivity index (χ0v) is 19.2. The molecule has 7 nitrogen and oxygen atoms in total. The molecule has 0 unspecified atom stereocenters. The van der Waals surface area contributed by atoms with Crippen LogP contribution in [0.5, 0.6) is 0 Å². The number of piperazine rings is 1. The Kier molecular flexibility index (Phi) is 7.41. The molecule has 33 heavy (non-hydrogen) atoms. The minimum absolute atomic E-state index is 0.0382. The maximum Gasteiger partial charge on any atom is 0.253 e. The van der Waals surface area contributed by atoms with Crippen molar-refractivity contribution in [2.75, 3.05) is 37.2 Å². The molecule has 1 aliphatic heterocycles. The number of halogens is 1. The van der Waals surface area contributed by atoms with Gasteiger partial charge in [-0.05, 0) is 30.3 Å². The standard InChI is InChI=1S/C24H26FN5O2S/c1-28-11-10-26-24(28)33-17-22(31)27-20-8-6-18(7-9-20)23(32)30-14-12-29(13-15-30)16-19-4-2-3-5-21(19)25/h2-11H,12-17H2,1H3,(H,27,31). The van der Waals surface area contributed by atoms with Gasteiger partial charge in [-0.2, -0.15) is 0 Å². The lowest BCUT2D eigenvalue weighted by Crippen LogP contribution is -2.48. The second-order valence-corrected chi connectivity index (χ2v) is 8.84. The summed E-state index contributed by atoms with van der Waals surface area (Å²) in [7, 11) is 1.88. The molecule has 1 aromatic heterocycles. The smallest absolute Gasteiger partial charge is 0.253 e. The molecule has 0 aliphatic carbocycles. The lowest BCUT2D eigenvalue weighted by atomic mass is 10.1. The number of nitrogens with one attached hydrogen (secondary N) is 1. The SMILES string of the molecule is Cn1ccnc1SCC(=O)Nc1ccc(C(=O)N2CCN(Cc3ccccc3F)CC2)cc1. The van der Waals surface area contributed by atoms with Crippen molar-refractivity contribution in [2.45, 2.75) is 11.7 Å². The van der Waals surface area contributed by atoms with Crippen molar-refractivity contribution in [3.63, 3.8) is 0 Å². The quantitative estimate of drug-likeness (QED) is 0.540. The van der Waals surface area contributed by atoms with E-state index in [-0.39, 0.29) is 23.4 Å². The predicted molar refractivity (Wildman–Crippen MR) is 127 cm³/mol. The van der Waals surface area contributed by atoms with Crippen LogP contribution < -0.4 is 5.32 Å². The monoisotopic (exact) mass is 467 g/mol. The summed E-state index contributed by atoms with van der Waals surface area (Å²) in [6, 6.07) is 13.7. The molecular weight excluding hydrogens is 441 g/mol. The Morgan fingerprint density at radius 1 is 1.06 bits per heavy atom. The molecule has 3 aromatic rings. The van der Waals surface area contributed by atoms with Crippen LogP contribution in [0.3, 0.4) is 0 Å². The molecule has 0 atom stereocenters. The summed E-state index contributed by atoms with van der Waals surface area (Å²) in [5.41, 5.74) is 1.90. The Morgan fingerprint density at radius 3 is 2.45 bits per heavy atom. The molecule has 172 valence electrons. The van der Waals surface area contributed by atoms with Crippen LogP contribution in [0.15, 0.2) is 66.1 Å². The normalized spacial score (nSPS) is 14.3. The zero-order valence-electron chi connectivity index (χ0n) is 18.4. The van der Waals surface area contributed by atoms with Gasteiger partial charge in [0.2, 0.25) is 5.91 Å². The van der Waals surface area contributed by atoms with E-state index in [0.29, 0.717) is 49.5 Å². The number of thioether (sulfide) groups is 1. The second kappa shape index (κ2) is 10.6. The third-order valence-electron chi connectivity index (χ3n) is 5.54. The van der Waals surface area contributed by atoms with E-state index in [1.54, 1.807) is 42.6 Å². The van der Waals surface area contributed by atoms with E-state index in [4.69, 9.17) is 0 Å². The molecule has 1 N–H and O–H groups in total. The third-order valence-corrected chi connectivity index (χ3v) is 6.59. The van der Waals surface area contributed by atoms with E-state index in [0.717, 1.165) is 5.16 Å². The number of rotatable bonds is 7. The summed E-state index contributed by atoms with van der Waals surface area (Å²) >= 11 is 1.36. The maximum absolute atomic E-state index is 13.9. The van der Waals surface area contributed by atoms with E-state index in [1.807, 2.05) is 28.8 Å². The molecule has 0 spiro atoms. The van der Waals surface area contributed by atoms with Crippen molar-refractivity contribution in [1.82, 2.24) is 19.4 Å². The summed E-state index contributed by atoms with van der Waals surface area (Å²) in [6.45, 7) is 3.12. The number of amides is 2. The van der Waals surface area contributed by atoms with Gasteiger partial charge >= 0.3 is 0 Å². The first-order valence-corrected chi connectivity index (χ1v) is 11.7. The van der Waals surface area contributed by atoms with Crippen LogP contribution >= 0.6 is 11.8 Å². The highest BCUT2D eigenvalue weighted by Gasteiger charge is 2.22. The van der Waals surface area contributed by atoms with Gasteiger partial charge in [-0.3, -0.25) is 14.5 Å². The maximum atomic E-state index is 13.9. The highest BCUT2D eigenvalue weighted by atomic mass is 32.2. The largest absolute Gasteiger partial charge is 0.336 e. The minimum Gasteiger partial charge on any atom is -0.336 e. The minimum atomic E-state index is -0.196. The van der Waals surface area contributed by atoms with Crippen molar-refractivity contribution in [3.05, 3.63) is 77.9 Å². The van der Waals surface area contributed by atoms with Gasteiger partial charge in [-0.25, -0.2) is 9.37 Å². The van der Waals surface area contributed by atoms with Crippen LogP contribution in [0.25, 0.3) is 0 Å². The number of aryl methyl sites for hydroxylation is 1. The van der Waals surface area contributed by atoms with Gasteiger partial charge in [-0.1, -0.05) is 30.0 Å². The summed E-state index contributed by atoms with van der Waals surface area (Å²) < 4.78 is 15.7. The number of carbonyl (C=O) groups is 2. The Bertz CT molecular complexity index is 1110. The number of nitrogens with zero attached hydrogens (tertiary/aromatic N) is 4. The first-order valence-electron chi connectivity index (χ1n) is 10.7. The van der Waals surface area contributed by atoms with Crippen LogP contribution in [-0.2, 0) is 18.4 Å². The number of anilines is 1. The summed E-state index contributed by atoms with van der Waals surface area (Å²) in [5, 5.41) is 3.62. The summed E-state index contributed by atoms with van der Waals surface area (Å²) in [6.07, 6.45) is 3.53. The Hall–Kier alpha value is -3.17. The van der Waals surface area contributed by atoms with Gasteiger partial charge in [0.25, 0.3) is 5.91 Å². The van der Waals surface area contributed by atoms with Gasteiger partial charge in [-0.15, -0.1) is 0 Å².